The molecule has 0 unspecified atom stereocenters. The molecule has 22 heavy (non-hydrogen) atoms. The summed E-state index contributed by atoms with van der Waals surface area (Å²) in [7, 11) is 0. The number of para-hydroxylation sites is 1. The molecule has 0 aliphatic heterocycles. The van der Waals surface area contributed by atoms with Crippen LogP contribution in [0.15, 0.2) is 24.3 Å². The largest absolute Gasteiger partial charge is 0.573 e. The molecule has 1 N–H and O–H groups in total. The molecule has 0 amide bonds. The summed E-state index contributed by atoms with van der Waals surface area (Å²) in [6, 6.07) is 6.35. The van der Waals surface area contributed by atoms with E-state index in [4.69, 9.17) is 0 Å². The van der Waals surface area contributed by atoms with Gasteiger partial charge in [-0.25, -0.2) is 0 Å². The lowest BCUT2D eigenvalue weighted by atomic mass is 9.83. The zero-order chi connectivity index (χ0) is 16.0. The topological polar surface area (TPSA) is 21.3 Å². The Balaban J connectivity index is 1.75. The van der Waals surface area contributed by atoms with Crippen molar-refractivity contribution in [1.29, 1.82) is 0 Å². The van der Waals surface area contributed by atoms with Crippen molar-refractivity contribution in [2.24, 2.45) is 11.8 Å². The van der Waals surface area contributed by atoms with Crippen LogP contribution in [-0.4, -0.2) is 19.5 Å². The first-order valence-corrected chi connectivity index (χ1v) is 7.98. The molecule has 0 radical (unpaired) electrons. The lowest BCUT2D eigenvalue weighted by Crippen LogP contribution is -2.27. The summed E-state index contributed by atoms with van der Waals surface area (Å²) in [6.07, 6.45) is 0.977. The number of hydrogen-bond donors (Lipinski definition) is 1. The number of ether oxygens (including phenoxy) is 1. The van der Waals surface area contributed by atoms with Crippen LogP contribution in [0.5, 0.6) is 5.75 Å². The van der Waals surface area contributed by atoms with Crippen LogP contribution in [-0.2, 0) is 6.42 Å². The zero-order valence-corrected chi connectivity index (χ0v) is 13.0. The average Bonchev–Trinajstić information content (AvgIpc) is 2.45. The molecule has 2 rings (SSSR count). The Morgan fingerprint density at radius 3 is 2.50 bits per heavy atom. The summed E-state index contributed by atoms with van der Waals surface area (Å²) in [5.41, 5.74) is 0.588. The van der Waals surface area contributed by atoms with Crippen LogP contribution in [0, 0.1) is 11.8 Å². The second-order valence-electron chi connectivity index (χ2n) is 6.24. The maximum Gasteiger partial charge on any atom is 0.573 e. The highest BCUT2D eigenvalue weighted by atomic mass is 19.4. The first-order valence-electron chi connectivity index (χ1n) is 7.98. The average molecular weight is 315 g/mol. The van der Waals surface area contributed by atoms with E-state index in [-0.39, 0.29) is 5.75 Å². The summed E-state index contributed by atoms with van der Waals surface area (Å²) in [5, 5.41) is 3.37. The monoisotopic (exact) mass is 315 g/mol. The Labute approximate surface area is 130 Å². The lowest BCUT2D eigenvalue weighted by Gasteiger charge is -2.26. The predicted octanol–water partition coefficient (Wildman–Crippen LogP) is 4.54. The van der Waals surface area contributed by atoms with Gasteiger partial charge in [-0.05, 0) is 55.8 Å². The highest BCUT2D eigenvalue weighted by Gasteiger charge is 2.31. The summed E-state index contributed by atoms with van der Waals surface area (Å²) >= 11 is 0. The second kappa shape index (κ2) is 7.86. The molecule has 1 saturated carbocycles. The minimum Gasteiger partial charge on any atom is -0.406 e. The maximum absolute atomic E-state index is 12.3. The van der Waals surface area contributed by atoms with Crippen LogP contribution in [0.25, 0.3) is 0 Å². The Bertz CT molecular complexity index is 453. The van der Waals surface area contributed by atoms with Gasteiger partial charge in [0, 0.05) is 0 Å². The smallest absolute Gasteiger partial charge is 0.406 e. The number of hydrogen-bond acceptors (Lipinski definition) is 2. The highest BCUT2D eigenvalue weighted by molar-refractivity contribution is 5.33. The summed E-state index contributed by atoms with van der Waals surface area (Å²) in [4.78, 5) is 0. The van der Waals surface area contributed by atoms with Crippen LogP contribution in [0.3, 0.4) is 0 Å². The minimum absolute atomic E-state index is 0.0942. The van der Waals surface area contributed by atoms with Gasteiger partial charge < -0.3 is 10.1 Å². The molecule has 1 fully saturated rings. The summed E-state index contributed by atoms with van der Waals surface area (Å²) < 4.78 is 41.1. The van der Waals surface area contributed by atoms with Gasteiger partial charge in [0.25, 0.3) is 0 Å². The van der Waals surface area contributed by atoms with E-state index in [1.807, 2.05) is 0 Å². The van der Waals surface area contributed by atoms with E-state index in [9.17, 15) is 13.2 Å². The van der Waals surface area contributed by atoms with E-state index < -0.39 is 6.36 Å². The molecule has 1 aliphatic carbocycles. The van der Waals surface area contributed by atoms with Gasteiger partial charge in [0.05, 0.1) is 0 Å². The third-order valence-corrected chi connectivity index (χ3v) is 4.34. The van der Waals surface area contributed by atoms with Gasteiger partial charge in [-0.1, -0.05) is 38.0 Å². The Morgan fingerprint density at radius 1 is 1.14 bits per heavy atom. The molecule has 1 aliphatic rings. The number of alkyl halides is 3. The summed E-state index contributed by atoms with van der Waals surface area (Å²) in [6.45, 7) is 3.92. The molecule has 0 heterocycles. The minimum atomic E-state index is -4.64. The van der Waals surface area contributed by atoms with Gasteiger partial charge in [0.15, 0.2) is 0 Å². The van der Waals surface area contributed by atoms with Crippen LogP contribution >= 0.6 is 0 Å². The molecule has 5 heteroatoms. The Morgan fingerprint density at radius 2 is 1.82 bits per heavy atom. The molecule has 124 valence electrons. The number of rotatable bonds is 6. The van der Waals surface area contributed by atoms with E-state index in [1.54, 1.807) is 18.2 Å². The Kier molecular flexibility index (Phi) is 6.12. The van der Waals surface area contributed by atoms with Gasteiger partial charge in [-0.15, -0.1) is 13.2 Å². The third-order valence-electron chi connectivity index (χ3n) is 4.34. The third kappa shape index (κ3) is 5.87. The fourth-order valence-electron chi connectivity index (χ4n) is 3.00. The van der Waals surface area contributed by atoms with E-state index in [1.165, 1.54) is 31.7 Å². The quantitative estimate of drug-likeness (QED) is 0.778. The fraction of sp³-hybridized carbons (Fsp3) is 0.647. The van der Waals surface area contributed by atoms with Crippen molar-refractivity contribution in [3.63, 3.8) is 0 Å². The van der Waals surface area contributed by atoms with Crippen molar-refractivity contribution in [2.75, 3.05) is 13.1 Å². The predicted molar refractivity (Wildman–Crippen MR) is 80.8 cm³/mol. The van der Waals surface area contributed by atoms with Crippen molar-refractivity contribution in [1.82, 2.24) is 5.32 Å². The number of halogens is 3. The van der Waals surface area contributed by atoms with Crippen molar-refractivity contribution < 1.29 is 17.9 Å². The SMILES string of the molecule is CC1CCC(CNCCc2ccccc2OC(F)(F)F)CC1. The van der Waals surface area contributed by atoms with E-state index in [0.29, 0.717) is 24.4 Å². The van der Waals surface area contributed by atoms with E-state index in [2.05, 4.69) is 17.0 Å². The standard InChI is InChI=1S/C17H24F3NO/c1-13-6-8-14(9-7-13)12-21-11-10-15-4-2-3-5-16(15)22-17(18,19)20/h2-5,13-14,21H,6-12H2,1H3. The molecule has 1 aromatic rings. The first kappa shape index (κ1) is 17.1. The molecule has 2 nitrogen and oxygen atoms in total. The molecule has 0 atom stereocenters. The highest BCUT2D eigenvalue weighted by Crippen LogP contribution is 2.28. The molecule has 0 spiro atoms. The van der Waals surface area contributed by atoms with Crippen molar-refractivity contribution >= 4 is 0 Å². The van der Waals surface area contributed by atoms with Gasteiger partial charge in [0.1, 0.15) is 5.75 Å². The molecular weight excluding hydrogens is 291 g/mol. The summed E-state index contributed by atoms with van der Waals surface area (Å²) in [5.74, 6) is 1.45. The van der Waals surface area contributed by atoms with Crippen molar-refractivity contribution in [2.45, 2.75) is 45.4 Å². The molecule has 0 saturated heterocycles. The van der Waals surface area contributed by atoms with Gasteiger partial charge in [-0.3, -0.25) is 0 Å². The van der Waals surface area contributed by atoms with Crippen molar-refractivity contribution in [3.05, 3.63) is 29.8 Å². The maximum atomic E-state index is 12.3. The van der Waals surface area contributed by atoms with Crippen LogP contribution < -0.4 is 10.1 Å². The molecule has 0 aromatic heterocycles. The molecule has 1 aromatic carbocycles. The zero-order valence-electron chi connectivity index (χ0n) is 13.0. The Hall–Kier alpha value is -1.23. The van der Waals surface area contributed by atoms with Crippen LogP contribution in [0.4, 0.5) is 13.2 Å². The molecule has 0 bridgehead atoms. The first-order chi connectivity index (χ1) is 10.4. The van der Waals surface area contributed by atoms with Crippen molar-refractivity contribution in [3.8, 4) is 5.75 Å². The second-order valence-corrected chi connectivity index (χ2v) is 6.24. The number of benzene rings is 1. The lowest BCUT2D eigenvalue weighted by molar-refractivity contribution is -0.274. The molecular formula is C17H24F3NO. The normalized spacial score (nSPS) is 22.5. The van der Waals surface area contributed by atoms with Crippen LogP contribution in [0.1, 0.15) is 38.2 Å². The van der Waals surface area contributed by atoms with E-state index in [0.717, 1.165) is 12.5 Å². The number of nitrogens with one attached hydrogen (secondary N) is 1. The van der Waals surface area contributed by atoms with E-state index >= 15 is 0 Å². The van der Waals surface area contributed by atoms with Gasteiger partial charge in [-0.2, -0.15) is 0 Å². The van der Waals surface area contributed by atoms with Crippen LogP contribution in [0.2, 0.25) is 0 Å². The fourth-order valence-corrected chi connectivity index (χ4v) is 3.00. The van der Waals surface area contributed by atoms with Gasteiger partial charge in [0.2, 0.25) is 0 Å². The van der Waals surface area contributed by atoms with Gasteiger partial charge >= 0.3 is 6.36 Å².